The van der Waals surface area contributed by atoms with Crippen LogP contribution in [0.15, 0.2) is 0 Å². The molecular formula is C11H17NO. The molecule has 1 aliphatic rings. The smallest absolute Gasteiger partial charge is 0.133 e. The van der Waals surface area contributed by atoms with Gasteiger partial charge in [0.1, 0.15) is 5.78 Å². The Morgan fingerprint density at radius 1 is 1.54 bits per heavy atom. The molecule has 0 N–H and O–H groups in total. The van der Waals surface area contributed by atoms with Crippen molar-refractivity contribution in [2.45, 2.75) is 45.4 Å². The summed E-state index contributed by atoms with van der Waals surface area (Å²) < 4.78 is 0. The van der Waals surface area contributed by atoms with E-state index in [-0.39, 0.29) is 0 Å². The highest BCUT2D eigenvalue weighted by Crippen LogP contribution is 2.33. The van der Waals surface area contributed by atoms with Crippen LogP contribution >= 0.6 is 0 Å². The van der Waals surface area contributed by atoms with E-state index < -0.39 is 0 Å². The Balaban J connectivity index is 2.50. The Labute approximate surface area is 79.9 Å². The zero-order chi connectivity index (χ0) is 9.68. The summed E-state index contributed by atoms with van der Waals surface area (Å²) in [5, 5.41) is 8.63. The zero-order valence-corrected chi connectivity index (χ0v) is 8.25. The van der Waals surface area contributed by atoms with Gasteiger partial charge in [0.15, 0.2) is 0 Å². The molecule has 1 fully saturated rings. The molecule has 1 rings (SSSR count). The largest absolute Gasteiger partial charge is 0.300 e. The van der Waals surface area contributed by atoms with Crippen LogP contribution in [0.2, 0.25) is 0 Å². The van der Waals surface area contributed by atoms with Crippen molar-refractivity contribution in [3.63, 3.8) is 0 Å². The summed E-state index contributed by atoms with van der Waals surface area (Å²) in [6.45, 7) is 2.17. The molecule has 2 heteroatoms. The number of carbonyl (C=O) groups excluding carboxylic acids is 1. The van der Waals surface area contributed by atoms with E-state index in [1.165, 1.54) is 12.8 Å². The normalized spacial score (nSPS) is 28.5. The molecule has 0 aromatic heterocycles. The van der Waals surface area contributed by atoms with Gasteiger partial charge in [-0.1, -0.05) is 19.8 Å². The highest BCUT2D eigenvalue weighted by atomic mass is 16.1. The van der Waals surface area contributed by atoms with Crippen LogP contribution < -0.4 is 0 Å². The van der Waals surface area contributed by atoms with Gasteiger partial charge in [-0.25, -0.2) is 0 Å². The monoisotopic (exact) mass is 179 g/mol. The number of rotatable bonds is 3. The Morgan fingerprint density at radius 3 is 2.92 bits per heavy atom. The van der Waals surface area contributed by atoms with Gasteiger partial charge in [-0.2, -0.15) is 5.26 Å². The van der Waals surface area contributed by atoms with Crippen LogP contribution in [0.5, 0.6) is 0 Å². The molecule has 0 spiro atoms. The van der Waals surface area contributed by atoms with Gasteiger partial charge in [-0.15, -0.1) is 0 Å². The van der Waals surface area contributed by atoms with Crippen molar-refractivity contribution >= 4 is 5.78 Å². The summed E-state index contributed by atoms with van der Waals surface area (Å²) in [4.78, 5) is 11.2. The highest BCUT2D eigenvalue weighted by molar-refractivity contribution is 5.79. The molecule has 0 bridgehead atoms. The van der Waals surface area contributed by atoms with Crippen molar-refractivity contribution in [3.8, 4) is 6.07 Å². The van der Waals surface area contributed by atoms with Crippen molar-refractivity contribution in [1.29, 1.82) is 5.26 Å². The fraction of sp³-hybridized carbons (Fsp3) is 0.818. The van der Waals surface area contributed by atoms with Gasteiger partial charge in [-0.3, -0.25) is 4.79 Å². The number of nitriles is 1. The maximum absolute atomic E-state index is 11.2. The average Bonchev–Trinajstić information content (AvgIpc) is 2.10. The molecule has 2 atom stereocenters. The average molecular weight is 179 g/mol. The topological polar surface area (TPSA) is 40.9 Å². The molecule has 1 aliphatic carbocycles. The molecule has 0 heterocycles. The molecular weight excluding hydrogens is 162 g/mol. The van der Waals surface area contributed by atoms with Crippen LogP contribution in [0.4, 0.5) is 0 Å². The first-order valence-corrected chi connectivity index (χ1v) is 5.16. The molecule has 0 aromatic carbocycles. The third-order valence-corrected chi connectivity index (χ3v) is 2.96. The maximum Gasteiger partial charge on any atom is 0.133 e. The first kappa shape index (κ1) is 10.2. The predicted molar refractivity (Wildman–Crippen MR) is 51.0 cm³/mol. The first-order valence-electron chi connectivity index (χ1n) is 5.16. The summed E-state index contributed by atoms with van der Waals surface area (Å²) in [5.74, 6) is 1.33. The molecule has 0 radical (unpaired) electrons. The van der Waals surface area contributed by atoms with E-state index in [4.69, 9.17) is 5.26 Å². The van der Waals surface area contributed by atoms with Gasteiger partial charge >= 0.3 is 0 Å². The van der Waals surface area contributed by atoms with E-state index in [1.54, 1.807) is 0 Å². The van der Waals surface area contributed by atoms with Crippen molar-refractivity contribution < 1.29 is 4.79 Å². The molecule has 0 saturated heterocycles. The van der Waals surface area contributed by atoms with Gasteiger partial charge in [0.05, 0.1) is 6.07 Å². The molecule has 2 nitrogen and oxygen atoms in total. The number of nitrogens with zero attached hydrogens (tertiary/aromatic N) is 1. The SMILES string of the molecule is CCCC1CCC(=O)CC1CC#N. The van der Waals surface area contributed by atoms with Crippen LogP contribution in [0.3, 0.4) is 0 Å². The van der Waals surface area contributed by atoms with Gasteiger partial charge in [0.2, 0.25) is 0 Å². The third-order valence-electron chi connectivity index (χ3n) is 2.96. The summed E-state index contributed by atoms with van der Waals surface area (Å²) in [7, 11) is 0. The Hall–Kier alpha value is -0.840. The van der Waals surface area contributed by atoms with Crippen LogP contribution in [-0.4, -0.2) is 5.78 Å². The molecule has 0 amide bonds. The number of ketones is 1. The lowest BCUT2D eigenvalue weighted by atomic mass is 9.75. The summed E-state index contributed by atoms with van der Waals surface area (Å²) in [6.07, 6.45) is 5.32. The second kappa shape index (κ2) is 5.01. The van der Waals surface area contributed by atoms with Gasteiger partial charge < -0.3 is 0 Å². The molecule has 2 unspecified atom stereocenters. The second-order valence-corrected chi connectivity index (χ2v) is 3.95. The Morgan fingerprint density at radius 2 is 2.31 bits per heavy atom. The number of carbonyl (C=O) groups is 1. The first-order chi connectivity index (χ1) is 6.27. The second-order valence-electron chi connectivity index (χ2n) is 3.95. The lowest BCUT2D eigenvalue weighted by Crippen LogP contribution is -2.24. The van der Waals surface area contributed by atoms with Gasteiger partial charge in [-0.05, 0) is 18.3 Å². The summed E-state index contributed by atoms with van der Waals surface area (Å²) in [6, 6.07) is 2.19. The third kappa shape index (κ3) is 2.84. The van der Waals surface area contributed by atoms with E-state index in [0.717, 1.165) is 12.8 Å². The quantitative estimate of drug-likeness (QED) is 0.668. The number of hydrogen-bond donors (Lipinski definition) is 0. The van der Waals surface area contributed by atoms with Crippen molar-refractivity contribution in [1.82, 2.24) is 0 Å². The van der Waals surface area contributed by atoms with Crippen LogP contribution in [0.1, 0.15) is 45.4 Å². The molecule has 1 saturated carbocycles. The highest BCUT2D eigenvalue weighted by Gasteiger charge is 2.28. The number of Topliss-reactive ketones (excluding diaryl/α,β-unsaturated/α-hetero) is 1. The molecule has 0 aromatic rings. The van der Waals surface area contributed by atoms with Crippen molar-refractivity contribution in [2.24, 2.45) is 11.8 Å². The minimum absolute atomic E-state index is 0.353. The van der Waals surface area contributed by atoms with Gasteiger partial charge in [0.25, 0.3) is 0 Å². The van der Waals surface area contributed by atoms with Crippen molar-refractivity contribution in [3.05, 3.63) is 0 Å². The van der Waals surface area contributed by atoms with Crippen LogP contribution in [0, 0.1) is 23.2 Å². The lowest BCUT2D eigenvalue weighted by Gasteiger charge is -2.28. The summed E-state index contributed by atoms with van der Waals surface area (Å²) >= 11 is 0. The van der Waals surface area contributed by atoms with E-state index in [0.29, 0.717) is 30.5 Å². The fourth-order valence-corrected chi connectivity index (χ4v) is 2.25. The van der Waals surface area contributed by atoms with E-state index in [9.17, 15) is 4.79 Å². The van der Waals surface area contributed by atoms with Crippen LogP contribution in [0.25, 0.3) is 0 Å². The van der Waals surface area contributed by atoms with E-state index in [1.807, 2.05) is 0 Å². The Kier molecular flexibility index (Phi) is 3.95. The van der Waals surface area contributed by atoms with E-state index >= 15 is 0 Å². The minimum atomic E-state index is 0.353. The Bertz CT molecular complexity index is 217. The molecule has 0 aliphatic heterocycles. The lowest BCUT2D eigenvalue weighted by molar-refractivity contribution is -0.122. The van der Waals surface area contributed by atoms with E-state index in [2.05, 4.69) is 13.0 Å². The fourth-order valence-electron chi connectivity index (χ4n) is 2.25. The predicted octanol–water partition coefficient (Wildman–Crippen LogP) is 2.69. The molecule has 13 heavy (non-hydrogen) atoms. The minimum Gasteiger partial charge on any atom is -0.300 e. The molecule has 72 valence electrons. The van der Waals surface area contributed by atoms with Crippen LogP contribution in [-0.2, 0) is 4.79 Å². The zero-order valence-electron chi connectivity index (χ0n) is 8.25. The standard InChI is InChI=1S/C11H17NO/c1-2-3-9-4-5-11(13)8-10(9)6-7-12/h9-10H,2-6,8H2,1H3. The maximum atomic E-state index is 11.2. The summed E-state index contributed by atoms with van der Waals surface area (Å²) in [5.41, 5.74) is 0. The van der Waals surface area contributed by atoms with Crippen molar-refractivity contribution in [2.75, 3.05) is 0 Å². The van der Waals surface area contributed by atoms with Gasteiger partial charge in [0, 0.05) is 19.3 Å². The number of hydrogen-bond acceptors (Lipinski definition) is 2.